The van der Waals surface area contributed by atoms with E-state index in [-0.39, 0.29) is 36.8 Å². The number of carbonyl (C=O) groups is 3. The van der Waals surface area contributed by atoms with Gasteiger partial charge in [-0.15, -0.1) is 0 Å². The van der Waals surface area contributed by atoms with E-state index >= 15 is 0 Å². The van der Waals surface area contributed by atoms with Crippen LogP contribution in [0.5, 0.6) is 0 Å². The summed E-state index contributed by atoms with van der Waals surface area (Å²) in [6.07, 6.45) is 0.594. The zero-order valence-electron chi connectivity index (χ0n) is 18.7. The summed E-state index contributed by atoms with van der Waals surface area (Å²) in [6.45, 7) is 0.579. The number of carboxylic acids is 1. The smallest absolute Gasteiger partial charge is 0.407 e. The van der Waals surface area contributed by atoms with E-state index in [9.17, 15) is 14.4 Å². The van der Waals surface area contributed by atoms with Gasteiger partial charge in [-0.1, -0.05) is 48.5 Å². The largest absolute Gasteiger partial charge is 0.481 e. The Labute approximate surface area is 197 Å². The van der Waals surface area contributed by atoms with Crippen LogP contribution >= 0.6 is 0 Å². The van der Waals surface area contributed by atoms with Crippen molar-refractivity contribution in [1.82, 2.24) is 10.6 Å². The minimum absolute atomic E-state index is 0.0329. The summed E-state index contributed by atoms with van der Waals surface area (Å²) >= 11 is 0. The molecule has 8 heteroatoms. The number of hydrogen-bond acceptors (Lipinski definition) is 5. The van der Waals surface area contributed by atoms with Crippen molar-refractivity contribution >= 4 is 18.0 Å². The van der Waals surface area contributed by atoms with Crippen molar-refractivity contribution in [3.8, 4) is 11.1 Å². The molecule has 2 aliphatic carbocycles. The van der Waals surface area contributed by atoms with E-state index in [4.69, 9.17) is 14.6 Å². The summed E-state index contributed by atoms with van der Waals surface area (Å²) < 4.78 is 11.2. The summed E-state index contributed by atoms with van der Waals surface area (Å²) in [5, 5.41) is 14.6. The molecule has 3 aliphatic rings. The number of carbonyl (C=O) groups excluding carboxylic acids is 2. The van der Waals surface area contributed by atoms with Crippen LogP contribution in [0.25, 0.3) is 11.1 Å². The fourth-order valence-corrected chi connectivity index (χ4v) is 5.34. The van der Waals surface area contributed by atoms with Crippen molar-refractivity contribution in [3.63, 3.8) is 0 Å². The summed E-state index contributed by atoms with van der Waals surface area (Å²) in [7, 11) is 0. The molecule has 2 atom stereocenters. The Hall–Kier alpha value is -3.39. The third kappa shape index (κ3) is 4.50. The van der Waals surface area contributed by atoms with Gasteiger partial charge in [0.05, 0.1) is 6.04 Å². The first kappa shape index (κ1) is 22.4. The van der Waals surface area contributed by atoms with Gasteiger partial charge in [-0.3, -0.25) is 9.59 Å². The van der Waals surface area contributed by atoms with Gasteiger partial charge in [0, 0.05) is 25.0 Å². The van der Waals surface area contributed by atoms with Crippen molar-refractivity contribution in [2.75, 3.05) is 13.2 Å². The van der Waals surface area contributed by atoms with E-state index in [1.54, 1.807) is 0 Å². The molecule has 1 aliphatic heterocycles. The van der Waals surface area contributed by atoms with Gasteiger partial charge in [-0.2, -0.15) is 0 Å². The Balaban J connectivity index is 1.14. The van der Waals surface area contributed by atoms with Crippen LogP contribution in [-0.4, -0.2) is 54.5 Å². The second-order valence-corrected chi connectivity index (χ2v) is 9.30. The van der Waals surface area contributed by atoms with Crippen LogP contribution in [0.1, 0.15) is 42.7 Å². The molecule has 2 fully saturated rings. The average Bonchev–Trinajstić information content (AvgIpc) is 3.38. The molecule has 0 radical (unpaired) electrons. The quantitative estimate of drug-likeness (QED) is 0.580. The Morgan fingerprint density at radius 1 is 0.971 bits per heavy atom. The van der Waals surface area contributed by atoms with Crippen LogP contribution in [0.3, 0.4) is 0 Å². The molecule has 1 saturated carbocycles. The summed E-state index contributed by atoms with van der Waals surface area (Å²) in [4.78, 5) is 36.1. The first-order valence-electron chi connectivity index (χ1n) is 11.7. The molecule has 3 N–H and O–H groups in total. The van der Waals surface area contributed by atoms with E-state index in [1.165, 1.54) is 0 Å². The van der Waals surface area contributed by atoms with Crippen LogP contribution in [-0.2, 0) is 19.1 Å². The summed E-state index contributed by atoms with van der Waals surface area (Å²) in [5.74, 6) is -1.03. The molecule has 2 amide bonds. The number of carboxylic acid groups (broad SMARTS) is 1. The normalized spacial score (nSPS) is 25.1. The molecule has 1 heterocycles. The zero-order chi connectivity index (χ0) is 23.7. The molecular formula is C26H28N2O6. The lowest BCUT2D eigenvalue weighted by atomic mass is 9.78. The molecule has 34 heavy (non-hydrogen) atoms. The Morgan fingerprint density at radius 2 is 1.62 bits per heavy atom. The van der Waals surface area contributed by atoms with Crippen LogP contribution < -0.4 is 10.6 Å². The van der Waals surface area contributed by atoms with Crippen molar-refractivity contribution in [3.05, 3.63) is 59.7 Å². The predicted molar refractivity (Wildman–Crippen MR) is 123 cm³/mol. The monoisotopic (exact) mass is 464 g/mol. The fourth-order valence-electron chi connectivity index (χ4n) is 5.34. The van der Waals surface area contributed by atoms with Crippen LogP contribution in [0.2, 0.25) is 0 Å². The predicted octanol–water partition coefficient (Wildman–Crippen LogP) is 3.05. The molecule has 2 unspecified atom stereocenters. The molecule has 178 valence electrons. The van der Waals surface area contributed by atoms with E-state index in [1.807, 2.05) is 24.3 Å². The molecule has 2 aromatic carbocycles. The van der Waals surface area contributed by atoms with E-state index < -0.39 is 24.2 Å². The highest BCUT2D eigenvalue weighted by molar-refractivity contribution is 5.83. The average molecular weight is 465 g/mol. The van der Waals surface area contributed by atoms with Gasteiger partial charge in [0.25, 0.3) is 5.91 Å². The van der Waals surface area contributed by atoms with Crippen LogP contribution in [0, 0.1) is 5.92 Å². The third-order valence-electron chi connectivity index (χ3n) is 7.04. The van der Waals surface area contributed by atoms with Crippen LogP contribution in [0.15, 0.2) is 48.5 Å². The standard InChI is InChI=1S/C26H28N2O6/c29-23(30)13-15-11-16(12-15)27-25(31)24-22(9-10-33-24)28-26(32)34-14-21-19-7-3-1-5-17(19)18-6-2-4-8-20(18)21/h1-8,15-16,21-22,24H,9-14H2,(H,27,31)(H,28,32)(H,29,30). The van der Waals surface area contributed by atoms with Gasteiger partial charge < -0.3 is 25.2 Å². The SMILES string of the molecule is O=C(O)CC1CC(NC(=O)C2OCCC2NC(=O)OCC2c3ccccc3-c3ccccc32)C1. The number of rotatable bonds is 7. The first-order valence-corrected chi connectivity index (χ1v) is 11.7. The summed E-state index contributed by atoms with van der Waals surface area (Å²) in [6, 6.07) is 15.8. The topological polar surface area (TPSA) is 114 Å². The van der Waals surface area contributed by atoms with Crippen LogP contribution in [0.4, 0.5) is 4.79 Å². The number of fused-ring (bicyclic) bond motifs is 3. The fraction of sp³-hybridized carbons (Fsp3) is 0.423. The minimum atomic E-state index is -0.818. The minimum Gasteiger partial charge on any atom is -0.481 e. The molecular weight excluding hydrogens is 436 g/mol. The zero-order valence-corrected chi connectivity index (χ0v) is 18.7. The van der Waals surface area contributed by atoms with Gasteiger partial charge in [-0.05, 0) is 47.4 Å². The lowest BCUT2D eigenvalue weighted by molar-refractivity contribution is -0.139. The number of nitrogens with one attached hydrogen (secondary N) is 2. The van der Waals surface area contributed by atoms with Crippen molar-refractivity contribution in [2.24, 2.45) is 5.92 Å². The van der Waals surface area contributed by atoms with Gasteiger partial charge >= 0.3 is 12.1 Å². The Kier molecular flexibility index (Phi) is 6.24. The highest BCUT2D eigenvalue weighted by atomic mass is 16.6. The number of aliphatic carboxylic acids is 1. The van der Waals surface area contributed by atoms with Crippen molar-refractivity contribution in [2.45, 2.75) is 49.8 Å². The number of benzene rings is 2. The molecule has 0 aromatic heterocycles. The number of amides is 2. The van der Waals surface area contributed by atoms with E-state index in [0.717, 1.165) is 22.3 Å². The Bertz CT molecular complexity index is 1050. The van der Waals surface area contributed by atoms with Gasteiger partial charge in [0.2, 0.25) is 0 Å². The number of alkyl carbamates (subject to hydrolysis) is 1. The summed E-state index contributed by atoms with van der Waals surface area (Å²) in [5.41, 5.74) is 4.60. The number of ether oxygens (including phenoxy) is 2. The molecule has 5 rings (SSSR count). The van der Waals surface area contributed by atoms with E-state index in [2.05, 4.69) is 34.9 Å². The highest BCUT2D eigenvalue weighted by Crippen LogP contribution is 2.44. The van der Waals surface area contributed by atoms with Gasteiger partial charge in [0.1, 0.15) is 6.61 Å². The lowest BCUT2D eigenvalue weighted by Gasteiger charge is -2.35. The third-order valence-corrected chi connectivity index (χ3v) is 7.04. The van der Waals surface area contributed by atoms with E-state index in [0.29, 0.717) is 25.9 Å². The van der Waals surface area contributed by atoms with Crippen molar-refractivity contribution < 1.29 is 29.0 Å². The molecule has 0 bridgehead atoms. The van der Waals surface area contributed by atoms with Gasteiger partial charge in [0.15, 0.2) is 6.10 Å². The second-order valence-electron chi connectivity index (χ2n) is 9.30. The molecule has 2 aromatic rings. The maximum Gasteiger partial charge on any atom is 0.407 e. The first-order chi connectivity index (χ1) is 16.5. The maximum atomic E-state index is 12.7. The molecule has 0 spiro atoms. The number of hydrogen-bond donors (Lipinski definition) is 3. The molecule has 1 saturated heterocycles. The second kappa shape index (κ2) is 9.46. The lowest BCUT2D eigenvalue weighted by Crippen LogP contribution is -2.53. The highest BCUT2D eigenvalue weighted by Gasteiger charge is 2.39. The molecule has 8 nitrogen and oxygen atoms in total. The van der Waals surface area contributed by atoms with Crippen molar-refractivity contribution in [1.29, 1.82) is 0 Å². The maximum absolute atomic E-state index is 12.7. The Morgan fingerprint density at radius 3 is 2.26 bits per heavy atom. The van der Waals surface area contributed by atoms with Gasteiger partial charge in [-0.25, -0.2) is 4.79 Å².